The normalized spacial score (nSPS) is 12.1. The molecule has 0 saturated heterocycles. The summed E-state index contributed by atoms with van der Waals surface area (Å²) in [6.45, 7) is 4.53. The van der Waals surface area contributed by atoms with Gasteiger partial charge in [0.15, 0.2) is 0 Å². The molecule has 0 rings (SSSR count). The molecule has 2 heteroatoms. The Labute approximate surface area is 102 Å². The molecule has 0 aliphatic rings. The van der Waals surface area contributed by atoms with Gasteiger partial charge in [0, 0.05) is 0 Å². The summed E-state index contributed by atoms with van der Waals surface area (Å²) in [6.07, 6.45) is 8.10. The van der Waals surface area contributed by atoms with Crippen LogP contribution in [0, 0.1) is 0 Å². The van der Waals surface area contributed by atoms with Gasteiger partial charge in [-0.2, -0.15) is 0 Å². The summed E-state index contributed by atoms with van der Waals surface area (Å²) in [6, 6.07) is 0. The van der Waals surface area contributed by atoms with Crippen LogP contribution < -0.4 is 0 Å². The third-order valence-electron chi connectivity index (χ3n) is 1.85. The van der Waals surface area contributed by atoms with Gasteiger partial charge in [-0.3, -0.25) is 0 Å². The molecule has 0 amide bonds. The number of hydrogen-bond acceptors (Lipinski definition) is 0. The van der Waals surface area contributed by atoms with Crippen molar-refractivity contribution < 1.29 is 0 Å². The minimum atomic E-state index is 0.183. The maximum atomic E-state index is 3.65. The van der Waals surface area contributed by atoms with E-state index in [0.29, 0.717) is 0 Å². The molecular formula is C11H21BrTe. The van der Waals surface area contributed by atoms with Crippen molar-refractivity contribution in [2.45, 2.75) is 56.8 Å². The summed E-state index contributed by atoms with van der Waals surface area (Å²) in [5.74, 6) is 0. The first-order valence-corrected chi connectivity index (χ1v) is 9.06. The number of rotatable bonds is 8. The zero-order valence-corrected chi connectivity index (χ0v) is 12.7. The Balaban J connectivity index is 3.29. The molecule has 78 valence electrons. The van der Waals surface area contributed by atoms with Crippen LogP contribution in [-0.4, -0.2) is 20.9 Å². The van der Waals surface area contributed by atoms with E-state index >= 15 is 0 Å². The summed E-state index contributed by atoms with van der Waals surface area (Å²) in [5, 5.41) is 0. The van der Waals surface area contributed by atoms with Crippen LogP contribution in [0.15, 0.2) is 8.61 Å². The van der Waals surface area contributed by atoms with Gasteiger partial charge in [-0.05, 0) is 0 Å². The predicted octanol–water partition coefficient (Wildman–Crippen LogP) is 4.73. The molecule has 0 fully saturated rings. The van der Waals surface area contributed by atoms with Gasteiger partial charge in [0.2, 0.25) is 0 Å². The second kappa shape index (κ2) is 11.1. The first kappa shape index (κ1) is 14.0. The molecule has 0 spiro atoms. The summed E-state index contributed by atoms with van der Waals surface area (Å²) < 4.78 is 5.43. The van der Waals surface area contributed by atoms with Crippen LogP contribution in [0.2, 0.25) is 4.47 Å². The van der Waals surface area contributed by atoms with Gasteiger partial charge in [0.25, 0.3) is 0 Å². The maximum absolute atomic E-state index is 3.65. The number of hydrogen-bond donors (Lipinski definition) is 0. The molecule has 0 bridgehead atoms. The Bertz CT molecular complexity index is 132. The van der Waals surface area contributed by atoms with Crippen LogP contribution in [0.1, 0.15) is 52.4 Å². The molecule has 0 aliphatic heterocycles. The van der Waals surface area contributed by atoms with Gasteiger partial charge in [-0.15, -0.1) is 0 Å². The Kier molecular flexibility index (Phi) is 11.9. The summed E-state index contributed by atoms with van der Waals surface area (Å²) >= 11 is 3.84. The SMILES string of the molecule is CCCCC/C(Br)=C\[Te]CCCC. The first-order chi connectivity index (χ1) is 6.31. The van der Waals surface area contributed by atoms with Crippen LogP contribution >= 0.6 is 15.9 Å². The number of allylic oxidation sites excluding steroid dienone is 1. The van der Waals surface area contributed by atoms with Gasteiger partial charge in [0.1, 0.15) is 0 Å². The number of unbranched alkanes of at least 4 members (excludes halogenated alkanes) is 3. The first-order valence-electron chi connectivity index (χ1n) is 5.27. The molecule has 0 atom stereocenters. The topological polar surface area (TPSA) is 0 Å². The van der Waals surface area contributed by atoms with Crippen LogP contribution in [-0.2, 0) is 0 Å². The molecule has 13 heavy (non-hydrogen) atoms. The molecule has 0 nitrogen and oxygen atoms in total. The van der Waals surface area contributed by atoms with E-state index in [2.05, 4.69) is 33.9 Å². The van der Waals surface area contributed by atoms with Crippen molar-refractivity contribution in [1.29, 1.82) is 0 Å². The van der Waals surface area contributed by atoms with Crippen molar-refractivity contribution in [2.24, 2.45) is 0 Å². The van der Waals surface area contributed by atoms with Crippen molar-refractivity contribution in [3.8, 4) is 0 Å². The van der Waals surface area contributed by atoms with Crippen LogP contribution in [0.5, 0.6) is 0 Å². The molecule has 0 radical (unpaired) electrons. The van der Waals surface area contributed by atoms with Crippen molar-refractivity contribution in [2.75, 3.05) is 0 Å². The van der Waals surface area contributed by atoms with Crippen LogP contribution in [0.3, 0.4) is 0 Å². The molecule has 0 heterocycles. The third-order valence-corrected chi connectivity index (χ3v) is 6.20. The van der Waals surface area contributed by atoms with E-state index in [0.717, 1.165) is 0 Å². The van der Waals surface area contributed by atoms with Crippen molar-refractivity contribution in [3.63, 3.8) is 0 Å². The molecule has 0 N–H and O–H groups in total. The zero-order valence-electron chi connectivity index (χ0n) is 8.81. The van der Waals surface area contributed by atoms with Crippen molar-refractivity contribution in [3.05, 3.63) is 8.61 Å². The van der Waals surface area contributed by atoms with E-state index in [1.165, 1.54) is 47.5 Å². The molecule has 0 unspecified atom stereocenters. The monoisotopic (exact) mass is 362 g/mol. The predicted molar refractivity (Wildman–Crippen MR) is 66.6 cm³/mol. The fraction of sp³-hybridized carbons (Fsp3) is 0.818. The summed E-state index contributed by atoms with van der Waals surface area (Å²) in [5.41, 5.74) is 0. The molecule has 0 aromatic carbocycles. The minimum absolute atomic E-state index is 0.183. The standard InChI is InChI=1S/C11H21BrTe/c1-3-5-7-8-11(12)10-13-9-6-4-2/h10H,3-9H2,1-2H3/b11-10+. The van der Waals surface area contributed by atoms with Crippen LogP contribution in [0.4, 0.5) is 0 Å². The van der Waals surface area contributed by atoms with Gasteiger partial charge in [-0.25, -0.2) is 0 Å². The Morgan fingerprint density at radius 3 is 2.46 bits per heavy atom. The third kappa shape index (κ3) is 10.9. The average Bonchev–Trinajstić information content (AvgIpc) is 2.13. The molecule has 0 aromatic rings. The fourth-order valence-corrected chi connectivity index (χ4v) is 4.64. The quantitative estimate of drug-likeness (QED) is 0.434. The van der Waals surface area contributed by atoms with E-state index in [-0.39, 0.29) is 20.9 Å². The van der Waals surface area contributed by atoms with E-state index in [1.54, 1.807) is 0 Å². The summed E-state index contributed by atoms with van der Waals surface area (Å²) in [4.78, 5) is 0. The van der Waals surface area contributed by atoms with Gasteiger partial charge in [-0.1, -0.05) is 0 Å². The Hall–Kier alpha value is 1.01. The molecular weight excluding hydrogens is 340 g/mol. The molecule has 0 aromatic heterocycles. The van der Waals surface area contributed by atoms with Crippen molar-refractivity contribution in [1.82, 2.24) is 0 Å². The Morgan fingerprint density at radius 1 is 1.15 bits per heavy atom. The van der Waals surface area contributed by atoms with Gasteiger partial charge in [0.05, 0.1) is 0 Å². The van der Waals surface area contributed by atoms with Crippen molar-refractivity contribution >= 4 is 36.9 Å². The van der Waals surface area contributed by atoms with E-state index < -0.39 is 0 Å². The number of halogens is 1. The van der Waals surface area contributed by atoms with Gasteiger partial charge < -0.3 is 0 Å². The molecule has 0 saturated carbocycles. The summed E-state index contributed by atoms with van der Waals surface area (Å²) in [7, 11) is 0. The molecule has 0 aliphatic carbocycles. The van der Waals surface area contributed by atoms with Gasteiger partial charge >= 0.3 is 102 Å². The van der Waals surface area contributed by atoms with E-state index in [9.17, 15) is 0 Å². The zero-order chi connectivity index (χ0) is 9.94. The fourth-order valence-electron chi connectivity index (χ4n) is 0.980. The Morgan fingerprint density at radius 2 is 1.85 bits per heavy atom. The van der Waals surface area contributed by atoms with E-state index in [4.69, 9.17) is 0 Å². The average molecular weight is 361 g/mol. The van der Waals surface area contributed by atoms with Crippen LogP contribution in [0.25, 0.3) is 0 Å². The second-order valence-corrected chi connectivity index (χ2v) is 7.05. The van der Waals surface area contributed by atoms with E-state index in [1.807, 2.05) is 0 Å². The second-order valence-electron chi connectivity index (χ2n) is 3.25.